The van der Waals surface area contributed by atoms with Crippen LogP contribution in [0.4, 0.5) is 0 Å². The Balaban J connectivity index is 1.53. The Morgan fingerprint density at radius 2 is 1.62 bits per heavy atom. The first-order valence-electron chi connectivity index (χ1n) is 14.9. The summed E-state index contributed by atoms with van der Waals surface area (Å²) in [6, 6.07) is 0. The van der Waals surface area contributed by atoms with Gasteiger partial charge >= 0.3 is 11.9 Å². The van der Waals surface area contributed by atoms with Crippen molar-refractivity contribution in [1.29, 1.82) is 0 Å². The SMILES string of the molecule is C=C(C)C1CCC2(C(=O)O)CCC3(C)C(CCC4C5(C)CCC(=C)C(C)(COC(C)=O)C5CCC43C)C12. The van der Waals surface area contributed by atoms with Crippen molar-refractivity contribution in [2.75, 3.05) is 6.61 Å². The van der Waals surface area contributed by atoms with Crippen LogP contribution in [0.25, 0.3) is 0 Å². The van der Waals surface area contributed by atoms with Crippen LogP contribution in [-0.4, -0.2) is 23.7 Å². The smallest absolute Gasteiger partial charge is 0.309 e. The van der Waals surface area contributed by atoms with Crippen LogP contribution < -0.4 is 0 Å². The molecule has 5 rings (SSSR count). The van der Waals surface area contributed by atoms with Crippen LogP contribution in [0.1, 0.15) is 106 Å². The van der Waals surface area contributed by atoms with Crippen LogP contribution in [0.3, 0.4) is 0 Å². The number of ether oxygens (including phenoxy) is 1. The average molecular weight is 511 g/mol. The van der Waals surface area contributed by atoms with Crippen LogP contribution in [0.2, 0.25) is 0 Å². The zero-order chi connectivity index (χ0) is 27.2. The monoisotopic (exact) mass is 510 g/mol. The van der Waals surface area contributed by atoms with Crippen LogP contribution >= 0.6 is 0 Å². The summed E-state index contributed by atoms with van der Waals surface area (Å²) in [6.45, 7) is 22.9. The first-order chi connectivity index (χ1) is 17.2. The number of allylic oxidation sites excluding steroid dienone is 1. The van der Waals surface area contributed by atoms with E-state index in [4.69, 9.17) is 4.74 Å². The highest BCUT2D eigenvalue weighted by atomic mass is 16.5. The third-order valence-corrected chi connectivity index (χ3v) is 13.9. The Bertz CT molecular complexity index is 1030. The van der Waals surface area contributed by atoms with Gasteiger partial charge in [-0.25, -0.2) is 0 Å². The molecule has 5 saturated carbocycles. The second-order valence-electron chi connectivity index (χ2n) is 14.9. The summed E-state index contributed by atoms with van der Waals surface area (Å²) in [5, 5.41) is 10.6. The molecule has 5 aliphatic rings. The number of fused-ring (bicyclic) bond motifs is 7. The topological polar surface area (TPSA) is 63.6 Å². The average Bonchev–Trinajstić information content (AvgIpc) is 3.22. The summed E-state index contributed by atoms with van der Waals surface area (Å²) in [4.78, 5) is 24.6. The van der Waals surface area contributed by atoms with Gasteiger partial charge in [-0.1, -0.05) is 52.0 Å². The predicted octanol–water partition coefficient (Wildman–Crippen LogP) is 7.83. The van der Waals surface area contributed by atoms with Gasteiger partial charge in [0.25, 0.3) is 0 Å². The highest BCUT2D eigenvalue weighted by Crippen LogP contribution is 2.77. The number of esters is 1. The van der Waals surface area contributed by atoms with Crippen molar-refractivity contribution in [3.05, 3.63) is 24.3 Å². The highest BCUT2D eigenvalue weighted by molar-refractivity contribution is 5.76. The van der Waals surface area contributed by atoms with E-state index < -0.39 is 11.4 Å². The fraction of sp³-hybridized carbons (Fsp3) is 0.818. The number of carbonyl (C=O) groups is 2. The number of hydrogen-bond acceptors (Lipinski definition) is 3. The van der Waals surface area contributed by atoms with Gasteiger partial charge < -0.3 is 9.84 Å². The molecule has 0 aromatic carbocycles. The molecule has 0 saturated heterocycles. The van der Waals surface area contributed by atoms with Crippen molar-refractivity contribution in [3.63, 3.8) is 0 Å². The molecule has 10 atom stereocenters. The van der Waals surface area contributed by atoms with Crippen molar-refractivity contribution >= 4 is 11.9 Å². The van der Waals surface area contributed by atoms with E-state index in [1.54, 1.807) is 0 Å². The predicted molar refractivity (Wildman–Crippen MR) is 147 cm³/mol. The van der Waals surface area contributed by atoms with Gasteiger partial charge in [0, 0.05) is 12.3 Å². The molecule has 0 aliphatic heterocycles. The second-order valence-corrected chi connectivity index (χ2v) is 14.9. The van der Waals surface area contributed by atoms with Gasteiger partial charge in [-0.2, -0.15) is 0 Å². The molecule has 0 heterocycles. The lowest BCUT2D eigenvalue weighted by molar-refractivity contribution is -0.236. The van der Waals surface area contributed by atoms with E-state index in [0.29, 0.717) is 30.3 Å². The van der Waals surface area contributed by atoms with Crippen molar-refractivity contribution in [2.24, 2.45) is 56.7 Å². The summed E-state index contributed by atoms with van der Waals surface area (Å²) in [5.74, 6) is 1.26. The maximum absolute atomic E-state index is 12.8. The lowest BCUT2D eigenvalue weighted by Gasteiger charge is -2.72. The van der Waals surface area contributed by atoms with E-state index in [1.807, 2.05) is 0 Å². The Labute approximate surface area is 224 Å². The third kappa shape index (κ3) is 3.38. The van der Waals surface area contributed by atoms with Gasteiger partial charge in [-0.05, 0) is 117 Å². The molecular formula is C33H50O4. The zero-order valence-electron chi connectivity index (χ0n) is 24.3. The molecule has 0 aromatic heterocycles. The fourth-order valence-corrected chi connectivity index (χ4v) is 11.7. The van der Waals surface area contributed by atoms with Gasteiger partial charge in [0.15, 0.2) is 0 Å². The minimum Gasteiger partial charge on any atom is -0.481 e. The van der Waals surface area contributed by atoms with E-state index in [-0.39, 0.29) is 33.5 Å². The van der Waals surface area contributed by atoms with E-state index in [1.165, 1.54) is 30.9 Å². The molecule has 0 bridgehead atoms. The van der Waals surface area contributed by atoms with Gasteiger partial charge in [0.1, 0.15) is 6.61 Å². The van der Waals surface area contributed by atoms with E-state index in [2.05, 4.69) is 47.8 Å². The van der Waals surface area contributed by atoms with Gasteiger partial charge in [0.2, 0.25) is 0 Å². The lowest BCUT2D eigenvalue weighted by atomic mass is 9.32. The van der Waals surface area contributed by atoms with Crippen LogP contribution in [0.5, 0.6) is 0 Å². The molecule has 0 radical (unpaired) electrons. The molecular weight excluding hydrogens is 460 g/mol. The molecule has 0 amide bonds. The summed E-state index contributed by atoms with van der Waals surface area (Å²) in [7, 11) is 0. The molecule has 206 valence electrons. The first-order valence-corrected chi connectivity index (χ1v) is 14.9. The van der Waals surface area contributed by atoms with E-state index in [0.717, 1.165) is 51.4 Å². The zero-order valence-corrected chi connectivity index (χ0v) is 24.3. The summed E-state index contributed by atoms with van der Waals surface area (Å²) in [5.41, 5.74) is 2.16. The number of carboxylic acids is 1. The normalized spacial score (nSPS) is 50.8. The number of carboxylic acid groups (broad SMARTS) is 1. The summed E-state index contributed by atoms with van der Waals surface area (Å²) in [6.07, 6.45) is 10.4. The molecule has 0 aromatic rings. The summed E-state index contributed by atoms with van der Waals surface area (Å²) >= 11 is 0. The van der Waals surface area contributed by atoms with Crippen LogP contribution in [-0.2, 0) is 14.3 Å². The maximum atomic E-state index is 12.8. The highest BCUT2D eigenvalue weighted by Gasteiger charge is 2.72. The number of carbonyl (C=O) groups excluding carboxylic acids is 1. The molecule has 4 nitrogen and oxygen atoms in total. The van der Waals surface area contributed by atoms with Crippen molar-refractivity contribution < 1.29 is 19.4 Å². The maximum Gasteiger partial charge on any atom is 0.309 e. The molecule has 1 N–H and O–H groups in total. The number of hydrogen-bond donors (Lipinski definition) is 1. The van der Waals surface area contributed by atoms with Crippen LogP contribution in [0, 0.1) is 56.7 Å². The molecule has 0 spiro atoms. The van der Waals surface area contributed by atoms with E-state index >= 15 is 0 Å². The number of aliphatic carboxylic acids is 1. The molecule has 4 heteroatoms. The molecule has 5 aliphatic carbocycles. The van der Waals surface area contributed by atoms with E-state index in [9.17, 15) is 14.7 Å². The Kier molecular flexibility index (Phi) is 6.17. The largest absolute Gasteiger partial charge is 0.481 e. The minimum absolute atomic E-state index is 0.131. The standard InChI is InChI=1S/C33H50O4/c1-20(2)23-12-16-33(28(35)36)18-17-31(7)24(27(23)33)9-10-26-29(5)14-11-21(3)30(6,19-37-22(4)34)25(29)13-15-32(26,31)8/h23-27H,1,3,9-19H2,2,4-8H3,(H,35,36). The van der Waals surface area contributed by atoms with Crippen molar-refractivity contribution in [1.82, 2.24) is 0 Å². The van der Waals surface area contributed by atoms with Gasteiger partial charge in [-0.3, -0.25) is 9.59 Å². The fourth-order valence-electron chi connectivity index (χ4n) is 11.7. The lowest BCUT2D eigenvalue weighted by Crippen LogP contribution is -2.66. The molecule has 37 heavy (non-hydrogen) atoms. The second kappa shape index (κ2) is 8.46. The Morgan fingerprint density at radius 1 is 0.919 bits per heavy atom. The molecule has 5 fully saturated rings. The first kappa shape index (κ1) is 27.0. The van der Waals surface area contributed by atoms with Crippen LogP contribution in [0.15, 0.2) is 24.3 Å². The van der Waals surface area contributed by atoms with Gasteiger partial charge in [0.05, 0.1) is 5.41 Å². The molecule has 10 unspecified atom stereocenters. The number of rotatable bonds is 4. The Hall–Kier alpha value is -1.58. The quantitative estimate of drug-likeness (QED) is 0.309. The van der Waals surface area contributed by atoms with Gasteiger partial charge in [-0.15, -0.1) is 0 Å². The van der Waals surface area contributed by atoms with Crippen molar-refractivity contribution in [3.8, 4) is 0 Å². The minimum atomic E-state index is -0.566. The van der Waals surface area contributed by atoms with Crippen molar-refractivity contribution in [2.45, 2.75) is 106 Å². The Morgan fingerprint density at radius 3 is 2.24 bits per heavy atom. The third-order valence-electron chi connectivity index (χ3n) is 13.9. The summed E-state index contributed by atoms with van der Waals surface area (Å²) < 4.78 is 5.67.